The maximum atomic E-state index is 12.1. The molecule has 0 bridgehead atoms. The summed E-state index contributed by atoms with van der Waals surface area (Å²) in [5.74, 6) is 1.20. The lowest BCUT2D eigenvalue weighted by Crippen LogP contribution is -2.12. The predicted molar refractivity (Wildman–Crippen MR) is 74.7 cm³/mol. The van der Waals surface area contributed by atoms with Crippen LogP contribution < -0.4 is 5.32 Å². The number of furan rings is 1. The number of anilines is 1. The molecule has 1 amide bonds. The van der Waals surface area contributed by atoms with E-state index in [4.69, 9.17) is 4.42 Å². The summed E-state index contributed by atoms with van der Waals surface area (Å²) in [5.41, 5.74) is 1.73. The van der Waals surface area contributed by atoms with E-state index in [1.807, 2.05) is 0 Å². The zero-order valence-electron chi connectivity index (χ0n) is 11.0. The molecule has 5 heteroatoms. The molecule has 1 N–H and O–H groups in total. The minimum atomic E-state index is -0.148. The molecule has 3 rings (SSSR count). The molecule has 0 aliphatic heterocycles. The maximum Gasteiger partial charge on any atom is 0.260 e. The number of hydrogen-bond acceptors (Lipinski definition) is 4. The fourth-order valence-electron chi connectivity index (χ4n) is 2.38. The third-order valence-corrected chi connectivity index (χ3v) is 4.55. The van der Waals surface area contributed by atoms with Crippen molar-refractivity contribution in [3.05, 3.63) is 34.2 Å². The average molecular weight is 276 g/mol. The number of thiazole rings is 1. The van der Waals surface area contributed by atoms with Crippen LogP contribution in [-0.4, -0.2) is 10.9 Å². The molecule has 1 aliphatic rings. The lowest BCUT2D eigenvalue weighted by Gasteiger charge is -2.15. The number of fused-ring (bicyclic) bond motifs is 1. The summed E-state index contributed by atoms with van der Waals surface area (Å²) in [5, 5.41) is 3.56. The van der Waals surface area contributed by atoms with Crippen molar-refractivity contribution < 1.29 is 9.21 Å². The van der Waals surface area contributed by atoms with Crippen molar-refractivity contribution in [3.63, 3.8) is 0 Å². The first-order valence-corrected chi connectivity index (χ1v) is 7.29. The van der Waals surface area contributed by atoms with E-state index in [0.29, 0.717) is 22.4 Å². The van der Waals surface area contributed by atoms with Gasteiger partial charge >= 0.3 is 0 Å². The minimum Gasteiger partial charge on any atom is -0.469 e. The topological polar surface area (TPSA) is 55.1 Å². The second-order valence-electron chi connectivity index (χ2n) is 5.08. The van der Waals surface area contributed by atoms with E-state index in [1.54, 1.807) is 24.3 Å². The summed E-state index contributed by atoms with van der Waals surface area (Å²) in [4.78, 5) is 17.9. The molecule has 0 unspecified atom stereocenters. The zero-order chi connectivity index (χ0) is 13.4. The summed E-state index contributed by atoms with van der Waals surface area (Å²) in [6, 6.07) is 1.68. The normalized spacial score (nSPS) is 18.1. The van der Waals surface area contributed by atoms with Gasteiger partial charge in [0.2, 0.25) is 0 Å². The Morgan fingerprint density at radius 3 is 3.16 bits per heavy atom. The maximum absolute atomic E-state index is 12.1. The van der Waals surface area contributed by atoms with Crippen LogP contribution in [0.15, 0.2) is 16.7 Å². The Morgan fingerprint density at radius 2 is 2.42 bits per heavy atom. The average Bonchev–Trinajstić information content (AvgIpc) is 2.94. The van der Waals surface area contributed by atoms with Crippen LogP contribution in [0.4, 0.5) is 5.13 Å². The Hall–Kier alpha value is -1.62. The number of nitrogens with zero attached hydrogens (tertiary/aromatic N) is 1. The summed E-state index contributed by atoms with van der Waals surface area (Å²) in [6.07, 6.45) is 4.81. The Labute approximate surface area is 115 Å². The quantitative estimate of drug-likeness (QED) is 0.914. The van der Waals surface area contributed by atoms with Crippen molar-refractivity contribution >= 4 is 22.4 Å². The number of hydrogen-bond donors (Lipinski definition) is 1. The fraction of sp³-hybridized carbons (Fsp3) is 0.429. The van der Waals surface area contributed by atoms with Gasteiger partial charge in [0.1, 0.15) is 5.76 Å². The molecule has 0 aromatic carbocycles. The largest absolute Gasteiger partial charge is 0.469 e. The predicted octanol–water partition coefficient (Wildman–Crippen LogP) is 3.42. The SMILES string of the molecule is Cc1occc1C(=O)Nc1nc2c(s1)C[C@H](C)CC2. The Balaban J connectivity index is 1.78. The number of aryl methyl sites for hydroxylation is 2. The van der Waals surface area contributed by atoms with Gasteiger partial charge in [0.25, 0.3) is 5.91 Å². The van der Waals surface area contributed by atoms with Crippen LogP contribution in [0.1, 0.15) is 40.0 Å². The van der Waals surface area contributed by atoms with Crippen LogP contribution in [0.3, 0.4) is 0 Å². The van der Waals surface area contributed by atoms with Crippen LogP contribution in [0, 0.1) is 12.8 Å². The number of nitrogens with one attached hydrogen (secondary N) is 1. The van der Waals surface area contributed by atoms with Gasteiger partial charge in [-0.2, -0.15) is 0 Å². The summed E-state index contributed by atoms with van der Waals surface area (Å²) in [6.45, 7) is 4.04. The first kappa shape index (κ1) is 12.4. The molecule has 0 radical (unpaired) electrons. The highest BCUT2D eigenvalue weighted by atomic mass is 32.1. The lowest BCUT2D eigenvalue weighted by atomic mass is 9.93. The van der Waals surface area contributed by atoms with Crippen molar-refractivity contribution in [2.45, 2.75) is 33.1 Å². The van der Waals surface area contributed by atoms with Crippen molar-refractivity contribution in [1.82, 2.24) is 4.98 Å². The van der Waals surface area contributed by atoms with Crippen LogP contribution in [-0.2, 0) is 12.8 Å². The molecule has 0 saturated heterocycles. The highest BCUT2D eigenvalue weighted by molar-refractivity contribution is 7.15. The molecule has 1 aliphatic carbocycles. The second kappa shape index (κ2) is 4.81. The van der Waals surface area contributed by atoms with Crippen molar-refractivity contribution in [2.75, 3.05) is 5.32 Å². The molecule has 0 fully saturated rings. The van der Waals surface area contributed by atoms with E-state index in [9.17, 15) is 4.79 Å². The highest BCUT2D eigenvalue weighted by Gasteiger charge is 2.21. The molecule has 0 saturated carbocycles. The van der Waals surface area contributed by atoms with E-state index in [-0.39, 0.29) is 5.91 Å². The third-order valence-electron chi connectivity index (χ3n) is 3.51. The molecular weight excluding hydrogens is 260 g/mol. The standard InChI is InChI=1S/C14H16N2O2S/c1-8-3-4-11-12(7-8)19-14(15-11)16-13(17)10-5-6-18-9(10)2/h5-6,8H,3-4,7H2,1-2H3,(H,15,16,17)/t8-/m1/s1. The molecule has 2 aromatic heterocycles. The summed E-state index contributed by atoms with van der Waals surface area (Å²) >= 11 is 1.60. The smallest absolute Gasteiger partial charge is 0.260 e. The Morgan fingerprint density at radius 1 is 1.58 bits per heavy atom. The summed E-state index contributed by atoms with van der Waals surface area (Å²) < 4.78 is 5.14. The molecule has 0 spiro atoms. The Bertz CT molecular complexity index is 615. The number of carbonyl (C=O) groups is 1. The Kier molecular flexibility index (Phi) is 3.14. The molecule has 4 nitrogen and oxygen atoms in total. The molecule has 2 aromatic rings. The lowest BCUT2D eigenvalue weighted by molar-refractivity contribution is 0.102. The zero-order valence-corrected chi connectivity index (χ0v) is 11.8. The third kappa shape index (κ3) is 2.42. The van der Waals surface area contributed by atoms with Gasteiger partial charge in [-0.25, -0.2) is 4.98 Å². The van der Waals surface area contributed by atoms with Gasteiger partial charge in [0.15, 0.2) is 5.13 Å². The highest BCUT2D eigenvalue weighted by Crippen LogP contribution is 2.32. The van der Waals surface area contributed by atoms with Gasteiger partial charge in [-0.15, -0.1) is 11.3 Å². The fourth-order valence-corrected chi connectivity index (χ4v) is 3.54. The number of rotatable bonds is 2. The first-order chi connectivity index (χ1) is 9.13. The van der Waals surface area contributed by atoms with Gasteiger partial charge in [0, 0.05) is 4.88 Å². The molecule has 100 valence electrons. The van der Waals surface area contributed by atoms with Crippen molar-refractivity contribution in [1.29, 1.82) is 0 Å². The van der Waals surface area contributed by atoms with Crippen LogP contribution >= 0.6 is 11.3 Å². The molecule has 19 heavy (non-hydrogen) atoms. The van der Waals surface area contributed by atoms with E-state index >= 15 is 0 Å². The second-order valence-corrected chi connectivity index (χ2v) is 6.17. The van der Waals surface area contributed by atoms with E-state index in [1.165, 1.54) is 17.6 Å². The van der Waals surface area contributed by atoms with E-state index < -0.39 is 0 Å². The number of aromatic nitrogens is 1. The van der Waals surface area contributed by atoms with Gasteiger partial charge in [-0.05, 0) is 38.2 Å². The summed E-state index contributed by atoms with van der Waals surface area (Å²) in [7, 11) is 0. The van der Waals surface area contributed by atoms with Crippen LogP contribution in [0.25, 0.3) is 0 Å². The number of carbonyl (C=O) groups excluding carboxylic acids is 1. The minimum absolute atomic E-state index is 0.148. The van der Waals surface area contributed by atoms with E-state index in [0.717, 1.165) is 18.5 Å². The van der Waals surface area contributed by atoms with Crippen LogP contribution in [0.5, 0.6) is 0 Å². The molecule has 1 atom stereocenters. The first-order valence-electron chi connectivity index (χ1n) is 6.47. The van der Waals surface area contributed by atoms with E-state index in [2.05, 4.69) is 17.2 Å². The van der Waals surface area contributed by atoms with Gasteiger partial charge in [-0.3, -0.25) is 10.1 Å². The number of amides is 1. The van der Waals surface area contributed by atoms with Gasteiger partial charge in [0.05, 0.1) is 17.5 Å². The van der Waals surface area contributed by atoms with Crippen molar-refractivity contribution in [2.24, 2.45) is 5.92 Å². The molecule has 2 heterocycles. The van der Waals surface area contributed by atoms with Crippen molar-refractivity contribution in [3.8, 4) is 0 Å². The van der Waals surface area contributed by atoms with Gasteiger partial charge in [-0.1, -0.05) is 6.92 Å². The monoisotopic (exact) mass is 276 g/mol. The van der Waals surface area contributed by atoms with Gasteiger partial charge < -0.3 is 4.42 Å². The molecular formula is C14H16N2O2S. The van der Waals surface area contributed by atoms with Crippen LogP contribution in [0.2, 0.25) is 0 Å².